The SMILES string of the molecule is Nc1c(Cl)cccc1C(=O)NCCCOCCO. The van der Waals surface area contributed by atoms with Crippen molar-refractivity contribution < 1.29 is 14.6 Å². The summed E-state index contributed by atoms with van der Waals surface area (Å²) in [6.45, 7) is 1.29. The molecule has 0 unspecified atom stereocenters. The van der Waals surface area contributed by atoms with Gasteiger partial charge in [0.1, 0.15) is 0 Å². The standard InChI is InChI=1S/C12H17ClN2O3/c13-10-4-1-3-9(11(10)14)12(17)15-5-2-7-18-8-6-16/h1,3-4,16H,2,5-8,14H2,(H,15,17). The third-order valence-electron chi connectivity index (χ3n) is 2.28. The van der Waals surface area contributed by atoms with Crippen molar-refractivity contribution in [2.75, 3.05) is 32.1 Å². The first-order chi connectivity index (χ1) is 8.66. The summed E-state index contributed by atoms with van der Waals surface area (Å²) >= 11 is 5.83. The van der Waals surface area contributed by atoms with E-state index in [4.69, 9.17) is 27.2 Å². The molecule has 100 valence electrons. The molecule has 0 saturated carbocycles. The summed E-state index contributed by atoms with van der Waals surface area (Å²) in [7, 11) is 0. The summed E-state index contributed by atoms with van der Waals surface area (Å²) in [5.41, 5.74) is 6.37. The molecule has 0 aliphatic carbocycles. The van der Waals surface area contributed by atoms with Crippen LogP contribution in [-0.4, -0.2) is 37.4 Å². The van der Waals surface area contributed by atoms with Crippen LogP contribution >= 0.6 is 11.6 Å². The molecule has 0 aliphatic rings. The lowest BCUT2D eigenvalue weighted by molar-refractivity contribution is 0.0868. The number of hydrogen-bond donors (Lipinski definition) is 3. The van der Waals surface area contributed by atoms with Crippen LogP contribution in [-0.2, 0) is 4.74 Å². The number of amides is 1. The average molecular weight is 273 g/mol. The van der Waals surface area contributed by atoms with Gasteiger partial charge >= 0.3 is 0 Å². The molecule has 0 heterocycles. The number of para-hydroxylation sites is 1. The van der Waals surface area contributed by atoms with Crippen LogP contribution in [0.15, 0.2) is 18.2 Å². The number of carbonyl (C=O) groups excluding carboxylic acids is 1. The summed E-state index contributed by atoms with van der Waals surface area (Å²) in [5.74, 6) is -0.253. The molecular weight excluding hydrogens is 256 g/mol. The minimum absolute atomic E-state index is 0.00536. The van der Waals surface area contributed by atoms with Crippen LogP contribution in [0.1, 0.15) is 16.8 Å². The van der Waals surface area contributed by atoms with Crippen LogP contribution in [0.25, 0.3) is 0 Å². The molecule has 1 aromatic rings. The maximum absolute atomic E-state index is 11.8. The Kier molecular flexibility index (Phi) is 6.49. The van der Waals surface area contributed by atoms with E-state index in [0.29, 0.717) is 36.8 Å². The number of nitrogen functional groups attached to an aromatic ring is 1. The molecule has 1 aromatic carbocycles. The summed E-state index contributed by atoms with van der Waals surface area (Å²) < 4.78 is 5.07. The summed E-state index contributed by atoms with van der Waals surface area (Å²) in [6.07, 6.45) is 0.673. The lowest BCUT2D eigenvalue weighted by Gasteiger charge is -2.08. The second-order valence-corrected chi connectivity index (χ2v) is 4.05. The van der Waals surface area contributed by atoms with Gasteiger partial charge in [0.05, 0.1) is 29.5 Å². The molecule has 0 atom stereocenters. The van der Waals surface area contributed by atoms with Crippen LogP contribution in [0.4, 0.5) is 5.69 Å². The zero-order chi connectivity index (χ0) is 13.4. The predicted molar refractivity (Wildman–Crippen MR) is 70.7 cm³/mol. The molecule has 0 saturated heterocycles. The topological polar surface area (TPSA) is 84.6 Å². The van der Waals surface area contributed by atoms with Gasteiger partial charge in [0.15, 0.2) is 0 Å². The Morgan fingerprint density at radius 2 is 2.22 bits per heavy atom. The first-order valence-electron chi connectivity index (χ1n) is 5.67. The fraction of sp³-hybridized carbons (Fsp3) is 0.417. The second kappa shape index (κ2) is 7.92. The Morgan fingerprint density at radius 1 is 1.44 bits per heavy atom. The van der Waals surface area contributed by atoms with Gasteiger partial charge in [0, 0.05) is 13.2 Å². The zero-order valence-corrected chi connectivity index (χ0v) is 10.7. The first kappa shape index (κ1) is 14.8. The molecular formula is C12H17ClN2O3. The van der Waals surface area contributed by atoms with Gasteiger partial charge < -0.3 is 20.9 Å². The maximum atomic E-state index is 11.8. The Hall–Kier alpha value is -1.30. The van der Waals surface area contributed by atoms with Crippen molar-refractivity contribution in [2.45, 2.75) is 6.42 Å². The molecule has 0 aliphatic heterocycles. The van der Waals surface area contributed by atoms with Crippen LogP contribution in [0.2, 0.25) is 5.02 Å². The highest BCUT2D eigenvalue weighted by Crippen LogP contribution is 2.21. The lowest BCUT2D eigenvalue weighted by Crippen LogP contribution is -2.26. The number of aliphatic hydroxyl groups excluding tert-OH is 1. The van der Waals surface area contributed by atoms with Crippen LogP contribution in [0.5, 0.6) is 0 Å². The Labute approximate surface area is 111 Å². The van der Waals surface area contributed by atoms with E-state index in [1.165, 1.54) is 0 Å². The number of hydrogen-bond acceptors (Lipinski definition) is 4. The van der Waals surface area contributed by atoms with E-state index in [9.17, 15) is 4.79 Å². The van der Waals surface area contributed by atoms with Crippen molar-refractivity contribution >= 4 is 23.2 Å². The largest absolute Gasteiger partial charge is 0.397 e. The van der Waals surface area contributed by atoms with E-state index in [2.05, 4.69) is 5.32 Å². The third kappa shape index (κ3) is 4.52. The average Bonchev–Trinajstić information content (AvgIpc) is 2.36. The van der Waals surface area contributed by atoms with Gasteiger partial charge in [-0.15, -0.1) is 0 Å². The minimum Gasteiger partial charge on any atom is -0.397 e. The molecule has 4 N–H and O–H groups in total. The van der Waals surface area contributed by atoms with E-state index in [1.807, 2.05) is 0 Å². The van der Waals surface area contributed by atoms with Crippen molar-refractivity contribution in [3.63, 3.8) is 0 Å². The van der Waals surface area contributed by atoms with E-state index in [0.717, 1.165) is 0 Å². The highest BCUT2D eigenvalue weighted by Gasteiger charge is 2.10. The molecule has 1 rings (SSSR count). The van der Waals surface area contributed by atoms with Crippen molar-refractivity contribution in [3.05, 3.63) is 28.8 Å². The van der Waals surface area contributed by atoms with Gasteiger partial charge in [-0.05, 0) is 18.6 Å². The van der Waals surface area contributed by atoms with Crippen LogP contribution in [0, 0.1) is 0 Å². The number of ether oxygens (including phenoxy) is 1. The summed E-state index contributed by atoms with van der Waals surface area (Å²) in [4.78, 5) is 11.8. The second-order valence-electron chi connectivity index (χ2n) is 3.65. The third-order valence-corrected chi connectivity index (χ3v) is 2.61. The predicted octanol–water partition coefficient (Wildman–Crippen LogP) is 1.05. The van der Waals surface area contributed by atoms with Gasteiger partial charge in [-0.25, -0.2) is 0 Å². The highest BCUT2D eigenvalue weighted by atomic mass is 35.5. The maximum Gasteiger partial charge on any atom is 0.253 e. The molecule has 5 nitrogen and oxygen atoms in total. The molecule has 0 radical (unpaired) electrons. The number of carbonyl (C=O) groups is 1. The number of benzene rings is 1. The Bertz CT molecular complexity index is 399. The van der Waals surface area contributed by atoms with Crippen molar-refractivity contribution in [1.82, 2.24) is 5.32 Å². The van der Waals surface area contributed by atoms with Crippen molar-refractivity contribution in [1.29, 1.82) is 0 Å². The Balaban J connectivity index is 2.35. The molecule has 18 heavy (non-hydrogen) atoms. The van der Waals surface area contributed by atoms with Gasteiger partial charge in [-0.2, -0.15) is 0 Å². The monoisotopic (exact) mass is 272 g/mol. The highest BCUT2D eigenvalue weighted by molar-refractivity contribution is 6.33. The van der Waals surface area contributed by atoms with Crippen molar-refractivity contribution in [2.24, 2.45) is 0 Å². The van der Waals surface area contributed by atoms with E-state index in [-0.39, 0.29) is 18.2 Å². The zero-order valence-electron chi connectivity index (χ0n) is 9.99. The Morgan fingerprint density at radius 3 is 2.94 bits per heavy atom. The molecule has 0 bridgehead atoms. The number of aliphatic hydroxyl groups is 1. The van der Waals surface area contributed by atoms with Gasteiger partial charge in [0.2, 0.25) is 0 Å². The van der Waals surface area contributed by atoms with Gasteiger partial charge in [0.25, 0.3) is 5.91 Å². The lowest BCUT2D eigenvalue weighted by atomic mass is 10.1. The normalized spacial score (nSPS) is 10.3. The minimum atomic E-state index is -0.253. The first-order valence-corrected chi connectivity index (χ1v) is 6.05. The molecule has 0 spiro atoms. The van der Waals surface area contributed by atoms with Crippen molar-refractivity contribution in [3.8, 4) is 0 Å². The molecule has 0 aromatic heterocycles. The fourth-order valence-electron chi connectivity index (χ4n) is 1.37. The van der Waals surface area contributed by atoms with E-state index >= 15 is 0 Å². The van der Waals surface area contributed by atoms with E-state index in [1.54, 1.807) is 18.2 Å². The summed E-state index contributed by atoms with van der Waals surface area (Å²) in [5, 5.41) is 11.6. The molecule has 6 heteroatoms. The van der Waals surface area contributed by atoms with Crippen LogP contribution < -0.4 is 11.1 Å². The number of halogens is 1. The number of rotatable bonds is 7. The summed E-state index contributed by atoms with van der Waals surface area (Å²) in [6, 6.07) is 4.94. The van der Waals surface area contributed by atoms with Gasteiger partial charge in [-0.3, -0.25) is 4.79 Å². The fourth-order valence-corrected chi connectivity index (χ4v) is 1.55. The number of anilines is 1. The molecule has 0 fully saturated rings. The molecule has 1 amide bonds. The quantitative estimate of drug-likeness (QED) is 0.512. The smallest absolute Gasteiger partial charge is 0.253 e. The van der Waals surface area contributed by atoms with Crippen LogP contribution in [0.3, 0.4) is 0 Å². The van der Waals surface area contributed by atoms with Gasteiger partial charge in [-0.1, -0.05) is 17.7 Å². The van der Waals surface area contributed by atoms with E-state index < -0.39 is 0 Å². The number of nitrogens with one attached hydrogen (secondary N) is 1. The number of nitrogens with two attached hydrogens (primary N) is 1.